The third-order valence-electron chi connectivity index (χ3n) is 4.36. The first-order chi connectivity index (χ1) is 10.4. The summed E-state index contributed by atoms with van der Waals surface area (Å²) < 4.78 is 0. The van der Waals surface area contributed by atoms with Crippen LogP contribution in [-0.2, 0) is 0 Å². The van der Waals surface area contributed by atoms with Crippen LogP contribution in [0.15, 0.2) is 12.2 Å². The smallest absolute Gasteiger partial charge is 0.0739 e. The SMILES string of the molecule is CC=CCCCCCCCCCCCCCCCCC[NH3+].[Cl-]. The van der Waals surface area contributed by atoms with Gasteiger partial charge in [0.1, 0.15) is 0 Å². The minimum atomic E-state index is 0. The lowest BCUT2D eigenvalue weighted by Gasteiger charge is -2.03. The normalized spacial score (nSPS) is 11.0. The van der Waals surface area contributed by atoms with Gasteiger partial charge in [-0.1, -0.05) is 89.2 Å². The highest BCUT2D eigenvalue weighted by atomic mass is 35.5. The van der Waals surface area contributed by atoms with E-state index < -0.39 is 0 Å². The molecule has 0 bridgehead atoms. The molecule has 2 heteroatoms. The highest BCUT2D eigenvalue weighted by Crippen LogP contribution is 2.13. The highest BCUT2D eigenvalue weighted by molar-refractivity contribution is 4.76. The molecule has 1 nitrogen and oxygen atoms in total. The van der Waals surface area contributed by atoms with Gasteiger partial charge in [-0.25, -0.2) is 0 Å². The van der Waals surface area contributed by atoms with Crippen molar-refractivity contribution < 1.29 is 18.1 Å². The van der Waals surface area contributed by atoms with Crippen LogP contribution >= 0.6 is 0 Å². The molecule has 0 aliphatic rings. The van der Waals surface area contributed by atoms with Gasteiger partial charge in [-0.3, -0.25) is 0 Å². The van der Waals surface area contributed by atoms with E-state index in [2.05, 4.69) is 24.8 Å². The molecule has 0 aromatic rings. The molecule has 0 rings (SSSR count). The number of unbranched alkanes of at least 4 members (excludes halogenated alkanes) is 15. The third-order valence-corrected chi connectivity index (χ3v) is 4.36. The second-order valence-electron chi connectivity index (χ2n) is 6.51. The molecule has 0 unspecified atom stereocenters. The van der Waals surface area contributed by atoms with Gasteiger partial charge >= 0.3 is 0 Å². The Hall–Kier alpha value is -0.0100. The molecular formula is C20H42ClN. The Morgan fingerprint density at radius 2 is 0.864 bits per heavy atom. The number of halogens is 1. The Morgan fingerprint density at radius 1 is 0.545 bits per heavy atom. The van der Waals surface area contributed by atoms with Gasteiger partial charge in [-0.05, 0) is 32.6 Å². The van der Waals surface area contributed by atoms with Crippen LogP contribution in [0, 0.1) is 0 Å². The number of quaternary nitrogens is 1. The van der Waals surface area contributed by atoms with E-state index in [0.29, 0.717) is 0 Å². The standard InChI is InChI=1S/C20H41N.ClH/c1-2-3-4-5-6-7-8-9-10-11-12-13-14-15-16-17-18-19-20-21;/h2-3H,4-21H2,1H3;1H. The molecule has 0 heterocycles. The Bertz CT molecular complexity index is 204. The fourth-order valence-electron chi connectivity index (χ4n) is 2.90. The Labute approximate surface area is 146 Å². The molecule has 0 fully saturated rings. The molecule has 0 aliphatic carbocycles. The average molecular weight is 332 g/mol. The van der Waals surface area contributed by atoms with Gasteiger partial charge in [0.05, 0.1) is 6.54 Å². The van der Waals surface area contributed by atoms with E-state index in [-0.39, 0.29) is 12.4 Å². The molecule has 0 atom stereocenters. The van der Waals surface area contributed by atoms with Crippen LogP contribution in [0.25, 0.3) is 0 Å². The lowest BCUT2D eigenvalue weighted by Crippen LogP contribution is -3.00. The van der Waals surface area contributed by atoms with Crippen molar-refractivity contribution >= 4 is 0 Å². The topological polar surface area (TPSA) is 27.6 Å². The fraction of sp³-hybridized carbons (Fsp3) is 0.900. The lowest BCUT2D eigenvalue weighted by molar-refractivity contribution is -0.368. The molecule has 3 N–H and O–H groups in total. The first-order valence-electron chi connectivity index (χ1n) is 9.82. The van der Waals surface area contributed by atoms with Crippen LogP contribution < -0.4 is 18.1 Å². The summed E-state index contributed by atoms with van der Waals surface area (Å²) in [6.07, 6.45) is 27.4. The summed E-state index contributed by atoms with van der Waals surface area (Å²) >= 11 is 0. The summed E-state index contributed by atoms with van der Waals surface area (Å²) in [7, 11) is 0. The van der Waals surface area contributed by atoms with Crippen molar-refractivity contribution in [2.75, 3.05) is 6.54 Å². The van der Waals surface area contributed by atoms with Crippen molar-refractivity contribution in [3.05, 3.63) is 12.2 Å². The molecule has 0 saturated heterocycles. The molecule has 0 spiro atoms. The van der Waals surface area contributed by atoms with Crippen molar-refractivity contribution in [2.45, 2.75) is 110 Å². The number of rotatable bonds is 17. The van der Waals surface area contributed by atoms with Gasteiger partial charge in [0.25, 0.3) is 0 Å². The predicted octanol–water partition coefficient (Wildman–Crippen LogP) is 3.05. The number of hydrogen-bond donors (Lipinski definition) is 1. The van der Waals surface area contributed by atoms with Crippen LogP contribution in [0.2, 0.25) is 0 Å². The van der Waals surface area contributed by atoms with Crippen LogP contribution in [0.3, 0.4) is 0 Å². The third kappa shape index (κ3) is 22.3. The summed E-state index contributed by atoms with van der Waals surface area (Å²) in [6.45, 7) is 3.24. The van der Waals surface area contributed by atoms with E-state index in [1.54, 1.807) is 0 Å². The van der Waals surface area contributed by atoms with Crippen molar-refractivity contribution in [1.82, 2.24) is 0 Å². The van der Waals surface area contributed by atoms with Crippen molar-refractivity contribution in [3.63, 3.8) is 0 Å². The zero-order valence-corrected chi connectivity index (χ0v) is 16.0. The van der Waals surface area contributed by atoms with E-state index in [1.807, 2.05) is 0 Å². The largest absolute Gasteiger partial charge is 1.00 e. The molecule has 0 aromatic heterocycles. The summed E-state index contributed by atoms with van der Waals surface area (Å²) in [5.41, 5.74) is 3.89. The van der Waals surface area contributed by atoms with E-state index in [1.165, 1.54) is 103 Å². The summed E-state index contributed by atoms with van der Waals surface area (Å²) in [5.74, 6) is 0. The Balaban J connectivity index is 0. The molecular weight excluding hydrogens is 290 g/mol. The van der Waals surface area contributed by atoms with Crippen LogP contribution in [0.1, 0.15) is 110 Å². The molecule has 22 heavy (non-hydrogen) atoms. The second kappa shape index (κ2) is 23.3. The minimum Gasteiger partial charge on any atom is -1.00 e. The maximum absolute atomic E-state index is 3.89. The number of allylic oxidation sites excluding steroid dienone is 2. The van der Waals surface area contributed by atoms with Gasteiger partial charge in [0.15, 0.2) is 0 Å². The van der Waals surface area contributed by atoms with E-state index >= 15 is 0 Å². The van der Waals surface area contributed by atoms with E-state index in [9.17, 15) is 0 Å². The Morgan fingerprint density at radius 3 is 1.18 bits per heavy atom. The first kappa shape index (κ1) is 24.2. The van der Waals surface area contributed by atoms with Gasteiger partial charge in [-0.15, -0.1) is 0 Å². The zero-order valence-electron chi connectivity index (χ0n) is 15.3. The lowest BCUT2D eigenvalue weighted by atomic mass is 10.0. The van der Waals surface area contributed by atoms with Crippen LogP contribution in [-0.4, -0.2) is 6.54 Å². The summed E-state index contributed by atoms with van der Waals surface area (Å²) in [6, 6.07) is 0. The Kier molecular flexibility index (Phi) is 25.6. The first-order valence-corrected chi connectivity index (χ1v) is 9.82. The maximum Gasteiger partial charge on any atom is 0.0739 e. The fourth-order valence-corrected chi connectivity index (χ4v) is 2.90. The van der Waals surface area contributed by atoms with Crippen molar-refractivity contribution in [2.24, 2.45) is 0 Å². The monoisotopic (exact) mass is 331 g/mol. The summed E-state index contributed by atoms with van der Waals surface area (Å²) in [4.78, 5) is 0. The maximum atomic E-state index is 3.89. The number of hydrogen-bond acceptors (Lipinski definition) is 0. The van der Waals surface area contributed by atoms with Crippen molar-refractivity contribution in [1.29, 1.82) is 0 Å². The molecule has 134 valence electrons. The zero-order chi connectivity index (χ0) is 15.4. The van der Waals surface area contributed by atoms with Crippen LogP contribution in [0.4, 0.5) is 0 Å². The second-order valence-corrected chi connectivity index (χ2v) is 6.51. The van der Waals surface area contributed by atoms with Gasteiger partial charge in [0.2, 0.25) is 0 Å². The van der Waals surface area contributed by atoms with Gasteiger partial charge in [-0.2, -0.15) is 0 Å². The molecule has 0 aliphatic heterocycles. The van der Waals surface area contributed by atoms with E-state index in [0.717, 1.165) is 6.54 Å². The van der Waals surface area contributed by atoms with Crippen molar-refractivity contribution in [3.8, 4) is 0 Å². The quantitative estimate of drug-likeness (QED) is 0.313. The van der Waals surface area contributed by atoms with Gasteiger partial charge < -0.3 is 18.1 Å². The minimum absolute atomic E-state index is 0. The highest BCUT2D eigenvalue weighted by Gasteiger charge is 1.94. The van der Waals surface area contributed by atoms with Crippen LogP contribution in [0.5, 0.6) is 0 Å². The van der Waals surface area contributed by atoms with E-state index in [4.69, 9.17) is 0 Å². The average Bonchev–Trinajstić information content (AvgIpc) is 2.50. The molecule has 0 aromatic carbocycles. The molecule has 0 radical (unpaired) electrons. The molecule has 0 amide bonds. The molecule has 0 saturated carbocycles. The van der Waals surface area contributed by atoms with Gasteiger partial charge in [0, 0.05) is 0 Å². The predicted molar refractivity (Wildman–Crippen MR) is 96.4 cm³/mol. The summed E-state index contributed by atoms with van der Waals surface area (Å²) in [5, 5.41) is 0.